The summed E-state index contributed by atoms with van der Waals surface area (Å²) in [6.07, 6.45) is 2.73. The van der Waals surface area contributed by atoms with Crippen molar-refractivity contribution in [1.29, 1.82) is 0 Å². The lowest BCUT2D eigenvalue weighted by Crippen LogP contribution is -2.38. The number of amides is 2. The Morgan fingerprint density at radius 3 is 2.36 bits per heavy atom. The zero-order chi connectivity index (χ0) is 39.8. The number of allylic oxidation sites excluding steroid dienone is 1. The molecule has 14 nitrogen and oxygen atoms in total. The lowest BCUT2D eigenvalue weighted by molar-refractivity contribution is -0.146. The van der Waals surface area contributed by atoms with E-state index in [9.17, 15) is 27.9 Å². The van der Waals surface area contributed by atoms with Crippen LogP contribution in [-0.4, -0.2) is 79.8 Å². The second-order valence-corrected chi connectivity index (χ2v) is 14.9. The summed E-state index contributed by atoms with van der Waals surface area (Å²) in [5, 5.41) is 16.2. The summed E-state index contributed by atoms with van der Waals surface area (Å²) in [6.45, 7) is 0.777. The van der Waals surface area contributed by atoms with Gasteiger partial charge in [-0.3, -0.25) is 19.0 Å². The summed E-state index contributed by atoms with van der Waals surface area (Å²) in [4.78, 5) is 39.0. The van der Waals surface area contributed by atoms with Gasteiger partial charge in [-0.2, -0.15) is 4.31 Å². The van der Waals surface area contributed by atoms with E-state index < -0.39 is 34.7 Å². The number of nitrogens with zero attached hydrogens (tertiary/aromatic N) is 2. The van der Waals surface area contributed by atoms with Crippen LogP contribution in [0.15, 0.2) is 120 Å². The van der Waals surface area contributed by atoms with E-state index in [1.54, 1.807) is 65.4 Å². The van der Waals surface area contributed by atoms with Gasteiger partial charge in [-0.25, -0.2) is 8.42 Å². The summed E-state index contributed by atoms with van der Waals surface area (Å²) in [7, 11) is -2.52. The Labute approximate surface area is 324 Å². The average Bonchev–Trinajstić information content (AvgIpc) is 3.61. The number of methoxy groups -OCH3 is 1. The van der Waals surface area contributed by atoms with Gasteiger partial charge in [0.05, 0.1) is 42.1 Å². The number of aliphatic hydroxyl groups is 1. The van der Waals surface area contributed by atoms with E-state index in [4.69, 9.17) is 19.9 Å². The number of sulfonamides is 1. The molecule has 2 heterocycles. The van der Waals surface area contributed by atoms with Crippen LogP contribution in [0, 0.1) is 0 Å². The predicted octanol–water partition coefficient (Wildman–Crippen LogP) is 4.87. The van der Waals surface area contributed by atoms with Gasteiger partial charge in [-0.15, -0.1) is 0 Å². The van der Waals surface area contributed by atoms with Gasteiger partial charge in [0.2, 0.25) is 22.2 Å². The standard InChI is InChI=1S/C41H43N5O9S/c1-27(48)46-26-34(33-7-3-6-10-37(33)46)30-23-38(41(50)43-25-28-11-13-29(14-12-28)40(49)44-36-9-5-4-8-35(36)42)55-39(24-30)54-22-20-45(19-21-47)56(51,52)32-17-15-31(53-2)16-18-32/h3-18,23,26,30,39,47H,19-22,24-25,42H2,1-2H3,(H,43,50)(H,44,49). The number of rotatable bonds is 15. The molecule has 0 radical (unpaired) electrons. The van der Waals surface area contributed by atoms with Crippen molar-refractivity contribution < 1.29 is 42.1 Å². The number of carbonyl (C=O) groups is 3. The third-order valence-corrected chi connectivity index (χ3v) is 11.2. The second-order valence-electron chi connectivity index (χ2n) is 13.0. The van der Waals surface area contributed by atoms with Crippen molar-refractivity contribution in [2.75, 3.05) is 44.5 Å². The Balaban J connectivity index is 1.17. The van der Waals surface area contributed by atoms with Crippen LogP contribution in [0.1, 0.15) is 45.5 Å². The Morgan fingerprint density at radius 1 is 0.946 bits per heavy atom. The summed E-state index contributed by atoms with van der Waals surface area (Å²) in [5.41, 5.74) is 9.53. The van der Waals surface area contributed by atoms with Crippen molar-refractivity contribution in [2.45, 2.75) is 37.0 Å². The molecule has 292 valence electrons. The maximum absolute atomic E-state index is 13.7. The van der Waals surface area contributed by atoms with E-state index >= 15 is 0 Å². The molecule has 0 aliphatic carbocycles. The highest BCUT2D eigenvalue weighted by Gasteiger charge is 2.32. The van der Waals surface area contributed by atoms with Crippen LogP contribution in [0.5, 0.6) is 5.75 Å². The number of hydrogen-bond acceptors (Lipinski definition) is 10. The van der Waals surface area contributed by atoms with Gasteiger partial charge in [-0.05, 0) is 71.8 Å². The summed E-state index contributed by atoms with van der Waals surface area (Å²) in [6, 6.07) is 27.1. The Kier molecular flexibility index (Phi) is 12.5. The Bertz CT molecular complexity index is 2340. The quantitative estimate of drug-likeness (QED) is 0.107. The molecule has 0 saturated heterocycles. The van der Waals surface area contributed by atoms with Gasteiger partial charge in [0.1, 0.15) is 5.75 Å². The summed E-state index contributed by atoms with van der Waals surface area (Å²) < 4.78 is 46.9. The molecule has 0 fully saturated rings. The summed E-state index contributed by atoms with van der Waals surface area (Å²) in [5.74, 6) is -0.973. The zero-order valence-electron chi connectivity index (χ0n) is 30.9. The lowest BCUT2D eigenvalue weighted by Gasteiger charge is -2.30. The van der Waals surface area contributed by atoms with Crippen molar-refractivity contribution in [2.24, 2.45) is 0 Å². The molecule has 2 amide bonds. The first-order valence-corrected chi connectivity index (χ1v) is 19.3. The number of fused-ring (bicyclic) bond motifs is 1. The first-order chi connectivity index (χ1) is 27.0. The molecule has 1 aliphatic heterocycles. The fraction of sp³-hybridized carbons (Fsp3) is 0.244. The molecule has 1 aliphatic rings. The number of anilines is 2. The molecule has 15 heteroatoms. The molecule has 6 rings (SSSR count). The third-order valence-electron chi connectivity index (χ3n) is 9.33. The molecule has 1 aromatic heterocycles. The molecule has 0 saturated carbocycles. The number of para-hydroxylation sites is 3. The highest BCUT2D eigenvalue weighted by Crippen LogP contribution is 2.36. The highest BCUT2D eigenvalue weighted by molar-refractivity contribution is 7.89. The normalized spacial score (nSPS) is 15.5. The van der Waals surface area contributed by atoms with Crippen LogP contribution in [-0.2, 0) is 30.8 Å². The van der Waals surface area contributed by atoms with Gasteiger partial charge < -0.3 is 35.7 Å². The van der Waals surface area contributed by atoms with E-state index in [2.05, 4.69) is 10.6 Å². The minimum atomic E-state index is -4.00. The fourth-order valence-electron chi connectivity index (χ4n) is 6.39. The average molecular weight is 782 g/mol. The van der Waals surface area contributed by atoms with Crippen molar-refractivity contribution in [3.63, 3.8) is 0 Å². The molecule has 5 aromatic rings. The zero-order valence-corrected chi connectivity index (χ0v) is 31.7. The van der Waals surface area contributed by atoms with Crippen LogP contribution in [0.25, 0.3) is 10.9 Å². The number of nitrogens with one attached hydrogen (secondary N) is 2. The molecule has 4 aromatic carbocycles. The fourth-order valence-corrected chi connectivity index (χ4v) is 7.81. The van der Waals surface area contributed by atoms with Crippen molar-refractivity contribution in [1.82, 2.24) is 14.2 Å². The van der Waals surface area contributed by atoms with Crippen LogP contribution in [0.2, 0.25) is 0 Å². The van der Waals surface area contributed by atoms with Crippen LogP contribution in [0.4, 0.5) is 11.4 Å². The van der Waals surface area contributed by atoms with Gasteiger partial charge in [0.15, 0.2) is 5.76 Å². The molecule has 5 N–H and O–H groups in total. The van der Waals surface area contributed by atoms with E-state index in [0.29, 0.717) is 28.2 Å². The number of nitrogens with two attached hydrogens (primary N) is 1. The SMILES string of the molecule is COc1ccc(S(=O)(=O)N(CCO)CCOC2CC(c3cn(C(C)=O)c4ccccc34)C=C(C(=O)NCc3ccc(C(=O)Nc4ccccc4N)cc3)O2)cc1. The van der Waals surface area contributed by atoms with E-state index in [0.717, 1.165) is 20.8 Å². The minimum absolute atomic E-state index is 0.0135. The number of carbonyl (C=O) groups excluding carboxylic acids is 3. The number of ether oxygens (including phenoxy) is 3. The number of hydrogen-bond donors (Lipinski definition) is 4. The smallest absolute Gasteiger partial charge is 0.286 e. The number of nitrogen functional groups attached to an aromatic ring is 1. The number of benzene rings is 4. The molecule has 2 atom stereocenters. The molecular formula is C41H43N5O9S. The van der Waals surface area contributed by atoms with Gasteiger partial charge in [0.25, 0.3) is 11.8 Å². The van der Waals surface area contributed by atoms with E-state index in [1.165, 1.54) is 38.3 Å². The second kappa shape index (κ2) is 17.6. The maximum Gasteiger partial charge on any atom is 0.286 e. The maximum atomic E-state index is 13.7. The number of aromatic nitrogens is 1. The van der Waals surface area contributed by atoms with Crippen LogP contribution in [0.3, 0.4) is 0 Å². The molecular weight excluding hydrogens is 739 g/mol. The Hall–Kier alpha value is -6.00. The van der Waals surface area contributed by atoms with Gasteiger partial charge in [0, 0.05) is 56.0 Å². The minimum Gasteiger partial charge on any atom is -0.497 e. The van der Waals surface area contributed by atoms with Crippen molar-refractivity contribution in [3.8, 4) is 5.75 Å². The van der Waals surface area contributed by atoms with Gasteiger partial charge in [-0.1, -0.05) is 42.5 Å². The molecule has 0 bridgehead atoms. The van der Waals surface area contributed by atoms with E-state index in [-0.39, 0.29) is 55.1 Å². The molecule has 0 spiro atoms. The summed E-state index contributed by atoms with van der Waals surface area (Å²) >= 11 is 0. The van der Waals surface area contributed by atoms with Crippen LogP contribution >= 0.6 is 0 Å². The third kappa shape index (κ3) is 9.09. The largest absolute Gasteiger partial charge is 0.497 e. The first-order valence-electron chi connectivity index (χ1n) is 17.9. The topological polar surface area (TPSA) is 192 Å². The molecule has 2 unspecified atom stereocenters. The van der Waals surface area contributed by atoms with Crippen molar-refractivity contribution >= 4 is 50.0 Å². The van der Waals surface area contributed by atoms with E-state index in [1.807, 2.05) is 24.3 Å². The molecule has 56 heavy (non-hydrogen) atoms. The highest BCUT2D eigenvalue weighted by atomic mass is 32.2. The lowest BCUT2D eigenvalue weighted by atomic mass is 9.92. The van der Waals surface area contributed by atoms with Crippen molar-refractivity contribution in [3.05, 3.63) is 132 Å². The predicted molar refractivity (Wildman–Crippen MR) is 210 cm³/mol. The number of aliphatic hydroxyl groups excluding tert-OH is 1. The van der Waals surface area contributed by atoms with Gasteiger partial charge >= 0.3 is 0 Å². The van der Waals surface area contributed by atoms with Crippen LogP contribution < -0.4 is 21.1 Å². The Morgan fingerprint density at radius 2 is 1.66 bits per heavy atom. The monoisotopic (exact) mass is 781 g/mol. The first kappa shape index (κ1) is 39.7.